The van der Waals surface area contributed by atoms with E-state index in [0.717, 1.165) is 13.1 Å². The van der Waals surface area contributed by atoms with Crippen molar-refractivity contribution in [2.45, 2.75) is 0 Å². The maximum Gasteiger partial charge on any atom is 0.0321 e. The second kappa shape index (κ2) is 1.75. The van der Waals surface area contributed by atoms with Gasteiger partial charge in [-0.3, -0.25) is 0 Å². The summed E-state index contributed by atoms with van der Waals surface area (Å²) in [5, 5.41) is 11.1. The molecular formula is C3H8N2O2. The van der Waals surface area contributed by atoms with Gasteiger partial charge in [-0.15, -0.1) is 4.99 Å². The molecule has 1 heterocycles. The zero-order valence-electron chi connectivity index (χ0n) is 4.16. The third-order valence-corrected chi connectivity index (χ3v) is 0.940. The van der Waals surface area contributed by atoms with Gasteiger partial charge in [-0.25, -0.2) is 10.3 Å². The maximum atomic E-state index is 7.93. The van der Waals surface area contributed by atoms with E-state index in [0.29, 0.717) is 0 Å². The fourth-order valence-corrected chi connectivity index (χ4v) is 0.378. The molecule has 0 aromatic carbocycles. The van der Waals surface area contributed by atoms with Crippen LogP contribution in [0.1, 0.15) is 0 Å². The highest BCUT2D eigenvalue weighted by atomic mass is 17.2. The van der Waals surface area contributed by atoms with Gasteiger partial charge < -0.3 is 0 Å². The first-order chi connectivity index (χ1) is 3.34. The van der Waals surface area contributed by atoms with Crippen molar-refractivity contribution in [1.82, 2.24) is 10.2 Å². The SMILES string of the molecule is CN(OO)N1CC1. The third-order valence-electron chi connectivity index (χ3n) is 0.940. The minimum Gasteiger partial charge on any atom is -0.232 e. The Morgan fingerprint density at radius 2 is 2.29 bits per heavy atom. The lowest BCUT2D eigenvalue weighted by Crippen LogP contribution is -2.22. The van der Waals surface area contributed by atoms with Gasteiger partial charge in [-0.1, -0.05) is 5.17 Å². The number of rotatable bonds is 2. The summed E-state index contributed by atoms with van der Waals surface area (Å²) in [6.45, 7) is 1.97. The lowest BCUT2D eigenvalue weighted by Gasteiger charge is -2.08. The quantitative estimate of drug-likeness (QED) is 0.292. The van der Waals surface area contributed by atoms with Crippen LogP contribution >= 0.6 is 0 Å². The van der Waals surface area contributed by atoms with Gasteiger partial charge in [0.15, 0.2) is 0 Å². The molecule has 42 valence electrons. The topological polar surface area (TPSA) is 35.7 Å². The van der Waals surface area contributed by atoms with Crippen molar-refractivity contribution < 1.29 is 10.2 Å². The molecule has 0 aliphatic carbocycles. The van der Waals surface area contributed by atoms with Crippen LogP contribution in [0.25, 0.3) is 0 Å². The first kappa shape index (κ1) is 4.99. The van der Waals surface area contributed by atoms with Crippen LogP contribution in [0.2, 0.25) is 0 Å². The van der Waals surface area contributed by atoms with E-state index in [2.05, 4.69) is 4.99 Å². The van der Waals surface area contributed by atoms with Crippen LogP contribution in [0.4, 0.5) is 0 Å². The summed E-state index contributed by atoms with van der Waals surface area (Å²) in [4.78, 5) is 3.83. The van der Waals surface area contributed by atoms with Crippen LogP contribution in [0.5, 0.6) is 0 Å². The fraction of sp³-hybridized carbons (Fsp3) is 1.00. The molecule has 0 atom stereocenters. The molecule has 0 radical (unpaired) electrons. The van der Waals surface area contributed by atoms with Gasteiger partial charge in [0.05, 0.1) is 0 Å². The number of hydroxylamine groups is 1. The van der Waals surface area contributed by atoms with E-state index in [1.54, 1.807) is 7.05 Å². The molecule has 1 saturated heterocycles. The first-order valence-corrected chi connectivity index (χ1v) is 2.14. The Balaban J connectivity index is 2.10. The molecule has 1 N–H and O–H groups in total. The molecule has 4 heteroatoms. The van der Waals surface area contributed by atoms with E-state index < -0.39 is 0 Å². The van der Waals surface area contributed by atoms with Crippen molar-refractivity contribution in [3.05, 3.63) is 0 Å². The Morgan fingerprint density at radius 1 is 1.71 bits per heavy atom. The summed E-state index contributed by atoms with van der Waals surface area (Å²) >= 11 is 0. The largest absolute Gasteiger partial charge is 0.232 e. The summed E-state index contributed by atoms with van der Waals surface area (Å²) in [5.74, 6) is 0. The van der Waals surface area contributed by atoms with E-state index in [1.165, 1.54) is 5.17 Å². The minimum atomic E-state index is 0.983. The average molecular weight is 104 g/mol. The second-order valence-corrected chi connectivity index (χ2v) is 1.50. The van der Waals surface area contributed by atoms with Crippen molar-refractivity contribution in [3.8, 4) is 0 Å². The van der Waals surface area contributed by atoms with Crippen molar-refractivity contribution in [2.24, 2.45) is 0 Å². The maximum absolute atomic E-state index is 7.93. The predicted octanol–water partition coefficient (Wildman–Crippen LogP) is -0.447. The normalized spacial score (nSPS) is 21.0. The van der Waals surface area contributed by atoms with E-state index in [4.69, 9.17) is 5.26 Å². The third kappa shape index (κ3) is 1.10. The van der Waals surface area contributed by atoms with E-state index in [1.807, 2.05) is 5.01 Å². The second-order valence-electron chi connectivity index (χ2n) is 1.50. The van der Waals surface area contributed by atoms with Gasteiger partial charge >= 0.3 is 0 Å². The monoisotopic (exact) mass is 104 g/mol. The van der Waals surface area contributed by atoms with Crippen molar-refractivity contribution >= 4 is 0 Å². The van der Waals surface area contributed by atoms with Gasteiger partial charge in [-0.2, -0.15) is 0 Å². The van der Waals surface area contributed by atoms with Crippen molar-refractivity contribution in [3.63, 3.8) is 0 Å². The van der Waals surface area contributed by atoms with Crippen LogP contribution in [-0.4, -0.2) is 35.6 Å². The van der Waals surface area contributed by atoms with Gasteiger partial charge in [0, 0.05) is 20.1 Å². The molecule has 1 rings (SSSR count). The minimum absolute atomic E-state index is 0.983. The highest BCUT2D eigenvalue weighted by Crippen LogP contribution is 2.05. The molecule has 0 aromatic rings. The molecule has 1 aliphatic rings. The molecule has 1 fully saturated rings. The molecule has 0 amide bonds. The lowest BCUT2D eigenvalue weighted by molar-refractivity contribution is -0.429. The first-order valence-electron chi connectivity index (χ1n) is 2.14. The Morgan fingerprint density at radius 3 is 2.43 bits per heavy atom. The van der Waals surface area contributed by atoms with Crippen molar-refractivity contribution in [2.75, 3.05) is 20.1 Å². The molecule has 0 bridgehead atoms. The molecule has 0 aromatic heterocycles. The average Bonchev–Trinajstić information content (AvgIpc) is 2.44. The van der Waals surface area contributed by atoms with Gasteiger partial charge in [0.1, 0.15) is 0 Å². The summed E-state index contributed by atoms with van der Waals surface area (Å²) < 4.78 is 0. The highest BCUT2D eigenvalue weighted by molar-refractivity contribution is 4.63. The number of nitrogens with zero attached hydrogens (tertiary/aromatic N) is 2. The number of hydrazine groups is 1. The number of hydrogen-bond donors (Lipinski definition) is 1. The van der Waals surface area contributed by atoms with Gasteiger partial charge in [0.25, 0.3) is 0 Å². The molecule has 4 nitrogen and oxygen atoms in total. The molecular weight excluding hydrogens is 96.0 g/mol. The highest BCUT2D eigenvalue weighted by Gasteiger charge is 2.22. The standard InChI is InChI=1S/C3H8N2O2/c1-4(7-6)5-2-3-5/h6H,2-3H2,1H3. The summed E-state index contributed by atoms with van der Waals surface area (Å²) in [5.41, 5.74) is 0. The lowest BCUT2D eigenvalue weighted by atomic mass is 11.0. The smallest absolute Gasteiger partial charge is 0.0321 e. The Hall–Kier alpha value is -0.160. The predicted molar refractivity (Wildman–Crippen MR) is 23.0 cm³/mol. The van der Waals surface area contributed by atoms with Crippen LogP contribution in [0, 0.1) is 0 Å². The van der Waals surface area contributed by atoms with Crippen LogP contribution in [0.3, 0.4) is 0 Å². The van der Waals surface area contributed by atoms with E-state index >= 15 is 0 Å². The van der Waals surface area contributed by atoms with E-state index in [-0.39, 0.29) is 0 Å². The van der Waals surface area contributed by atoms with Crippen LogP contribution in [0.15, 0.2) is 0 Å². The Kier molecular flexibility index (Phi) is 1.25. The summed E-state index contributed by atoms with van der Waals surface area (Å²) in [6.07, 6.45) is 0. The van der Waals surface area contributed by atoms with Crippen molar-refractivity contribution in [1.29, 1.82) is 0 Å². The summed E-state index contributed by atoms with van der Waals surface area (Å²) in [7, 11) is 1.65. The Labute approximate surface area is 41.7 Å². The van der Waals surface area contributed by atoms with E-state index in [9.17, 15) is 0 Å². The fourth-order valence-electron chi connectivity index (χ4n) is 0.378. The molecule has 7 heavy (non-hydrogen) atoms. The molecule has 0 spiro atoms. The number of hydrogen-bond acceptors (Lipinski definition) is 4. The molecule has 0 unspecified atom stereocenters. The molecule has 0 saturated carbocycles. The molecule has 1 aliphatic heterocycles. The van der Waals surface area contributed by atoms with Gasteiger partial charge in [-0.05, 0) is 0 Å². The van der Waals surface area contributed by atoms with Gasteiger partial charge in [0.2, 0.25) is 0 Å². The van der Waals surface area contributed by atoms with Crippen LogP contribution < -0.4 is 0 Å². The zero-order valence-corrected chi connectivity index (χ0v) is 4.16. The zero-order chi connectivity index (χ0) is 5.28. The van der Waals surface area contributed by atoms with Crippen LogP contribution in [-0.2, 0) is 4.99 Å². The summed E-state index contributed by atoms with van der Waals surface area (Å²) in [6, 6.07) is 0. The Bertz CT molecular complexity index is 64.0.